The van der Waals surface area contributed by atoms with E-state index in [0.29, 0.717) is 0 Å². The number of rotatable bonds is 6. The van der Waals surface area contributed by atoms with Crippen LogP contribution in [0.3, 0.4) is 0 Å². The Balaban J connectivity index is 0.00000220. The molecular weight excluding hydrogens is 288 g/mol. The van der Waals surface area contributed by atoms with E-state index >= 15 is 0 Å². The highest BCUT2D eigenvalue weighted by Crippen LogP contribution is 2.13. The zero-order valence-electron chi connectivity index (χ0n) is 12.7. The Morgan fingerprint density at radius 3 is 2.71 bits per heavy atom. The first kappa shape index (κ1) is 17.8. The largest absolute Gasteiger partial charge is 0.497 e. The van der Waals surface area contributed by atoms with Crippen LogP contribution in [0, 0.1) is 5.92 Å². The summed E-state index contributed by atoms with van der Waals surface area (Å²) in [4.78, 5) is 12.0. The number of hydrogen-bond acceptors (Lipinski definition) is 3. The smallest absolute Gasteiger partial charge is 0.224 e. The van der Waals surface area contributed by atoms with Gasteiger partial charge in [-0.25, -0.2) is 0 Å². The zero-order valence-corrected chi connectivity index (χ0v) is 13.5. The third kappa shape index (κ3) is 5.56. The van der Waals surface area contributed by atoms with E-state index in [4.69, 9.17) is 4.74 Å². The lowest BCUT2D eigenvalue weighted by Crippen LogP contribution is -2.38. The van der Waals surface area contributed by atoms with E-state index in [2.05, 4.69) is 29.7 Å². The summed E-state index contributed by atoms with van der Waals surface area (Å²) in [6.45, 7) is 3.85. The number of halogens is 1. The molecule has 0 saturated carbocycles. The van der Waals surface area contributed by atoms with Gasteiger partial charge in [-0.3, -0.25) is 4.79 Å². The molecule has 2 atom stereocenters. The van der Waals surface area contributed by atoms with Crippen LogP contribution < -0.4 is 15.4 Å². The molecule has 0 aromatic heterocycles. The van der Waals surface area contributed by atoms with Crippen LogP contribution in [0.1, 0.15) is 25.3 Å². The molecule has 1 saturated heterocycles. The molecule has 21 heavy (non-hydrogen) atoms. The van der Waals surface area contributed by atoms with E-state index in [1.165, 1.54) is 5.56 Å². The third-order valence-electron chi connectivity index (χ3n) is 3.84. The molecule has 1 aromatic rings. The van der Waals surface area contributed by atoms with Crippen LogP contribution in [-0.4, -0.2) is 32.1 Å². The quantitative estimate of drug-likeness (QED) is 0.846. The number of nitrogens with one attached hydrogen (secondary N) is 2. The van der Waals surface area contributed by atoms with Crippen LogP contribution in [0.2, 0.25) is 0 Å². The van der Waals surface area contributed by atoms with Gasteiger partial charge in [0.2, 0.25) is 5.91 Å². The molecule has 1 aliphatic heterocycles. The van der Waals surface area contributed by atoms with Crippen LogP contribution in [0.15, 0.2) is 24.3 Å². The minimum atomic E-state index is 0. The van der Waals surface area contributed by atoms with Gasteiger partial charge in [-0.05, 0) is 50.4 Å². The van der Waals surface area contributed by atoms with E-state index in [9.17, 15) is 4.79 Å². The Labute approximate surface area is 133 Å². The fourth-order valence-electron chi connectivity index (χ4n) is 2.49. The topological polar surface area (TPSA) is 50.4 Å². The van der Waals surface area contributed by atoms with Gasteiger partial charge in [0, 0.05) is 12.6 Å². The Bertz CT molecular complexity index is 430. The molecule has 1 heterocycles. The van der Waals surface area contributed by atoms with Gasteiger partial charge in [0.05, 0.1) is 13.0 Å². The lowest BCUT2D eigenvalue weighted by atomic mass is 10.0. The Kier molecular flexibility index (Phi) is 7.54. The van der Waals surface area contributed by atoms with Crippen LogP contribution in [0.25, 0.3) is 0 Å². The molecule has 0 aliphatic carbocycles. The number of methoxy groups -OCH3 is 1. The van der Waals surface area contributed by atoms with Gasteiger partial charge in [-0.15, -0.1) is 12.4 Å². The predicted octanol–water partition coefficient (Wildman–Crippen LogP) is 2.16. The number of carbonyl (C=O) groups excluding carboxylic acids is 1. The second-order valence-electron chi connectivity index (χ2n) is 5.49. The lowest BCUT2D eigenvalue weighted by molar-refractivity contribution is -0.125. The molecule has 1 aromatic carbocycles. The van der Waals surface area contributed by atoms with E-state index in [-0.39, 0.29) is 30.3 Å². The van der Waals surface area contributed by atoms with Crippen molar-refractivity contribution in [2.75, 3.05) is 20.2 Å². The average molecular weight is 313 g/mol. The monoisotopic (exact) mass is 312 g/mol. The van der Waals surface area contributed by atoms with Gasteiger partial charge >= 0.3 is 0 Å². The Hall–Kier alpha value is -1.26. The van der Waals surface area contributed by atoms with Crippen LogP contribution in [0.4, 0.5) is 0 Å². The SMILES string of the molecule is COc1ccc(CCC(C)NC(=O)C2CCNC2)cc1.Cl. The first-order valence-electron chi connectivity index (χ1n) is 7.33. The molecule has 4 nitrogen and oxygen atoms in total. The highest BCUT2D eigenvalue weighted by molar-refractivity contribution is 5.85. The van der Waals surface area contributed by atoms with Crippen molar-refractivity contribution in [1.82, 2.24) is 10.6 Å². The van der Waals surface area contributed by atoms with Crippen LogP contribution in [0.5, 0.6) is 5.75 Å². The van der Waals surface area contributed by atoms with Gasteiger partial charge in [0.1, 0.15) is 5.75 Å². The molecule has 0 bridgehead atoms. The number of ether oxygens (including phenoxy) is 1. The molecule has 0 spiro atoms. The summed E-state index contributed by atoms with van der Waals surface area (Å²) in [5.74, 6) is 1.22. The maximum absolute atomic E-state index is 12.0. The van der Waals surface area contributed by atoms with Gasteiger partial charge in [0.25, 0.3) is 0 Å². The maximum atomic E-state index is 12.0. The summed E-state index contributed by atoms with van der Waals surface area (Å²) in [5, 5.41) is 6.33. The fourth-order valence-corrected chi connectivity index (χ4v) is 2.49. The van der Waals surface area contributed by atoms with Crippen molar-refractivity contribution in [2.45, 2.75) is 32.2 Å². The third-order valence-corrected chi connectivity index (χ3v) is 3.84. The first-order chi connectivity index (χ1) is 9.69. The normalized spacial score (nSPS) is 18.7. The number of aryl methyl sites for hydroxylation is 1. The summed E-state index contributed by atoms with van der Waals surface area (Å²) in [7, 11) is 1.67. The highest BCUT2D eigenvalue weighted by Gasteiger charge is 2.23. The molecule has 5 heteroatoms. The van der Waals surface area contributed by atoms with Crippen molar-refractivity contribution in [3.05, 3.63) is 29.8 Å². The van der Waals surface area contributed by atoms with Crippen LogP contribution >= 0.6 is 12.4 Å². The first-order valence-corrected chi connectivity index (χ1v) is 7.33. The van der Waals surface area contributed by atoms with Crippen molar-refractivity contribution in [2.24, 2.45) is 5.92 Å². The van der Waals surface area contributed by atoms with Crippen molar-refractivity contribution in [1.29, 1.82) is 0 Å². The molecule has 2 unspecified atom stereocenters. The molecule has 1 fully saturated rings. The van der Waals surface area contributed by atoms with E-state index in [0.717, 1.165) is 38.1 Å². The fraction of sp³-hybridized carbons (Fsp3) is 0.562. The average Bonchev–Trinajstić information content (AvgIpc) is 3.00. The van der Waals surface area contributed by atoms with Crippen LogP contribution in [-0.2, 0) is 11.2 Å². The molecule has 118 valence electrons. The molecule has 0 radical (unpaired) electrons. The maximum Gasteiger partial charge on any atom is 0.224 e. The van der Waals surface area contributed by atoms with E-state index in [1.807, 2.05) is 12.1 Å². The van der Waals surface area contributed by atoms with Crippen molar-refractivity contribution < 1.29 is 9.53 Å². The standard InChI is InChI=1S/C16H24N2O2.ClH/c1-12(18-16(19)14-9-10-17-11-14)3-4-13-5-7-15(20-2)8-6-13;/h5-8,12,14,17H,3-4,9-11H2,1-2H3,(H,18,19);1H. The zero-order chi connectivity index (χ0) is 14.4. The van der Waals surface area contributed by atoms with E-state index < -0.39 is 0 Å². The second-order valence-corrected chi connectivity index (χ2v) is 5.49. The Morgan fingerprint density at radius 1 is 1.43 bits per heavy atom. The molecule has 2 rings (SSSR count). The van der Waals surface area contributed by atoms with Gasteiger partial charge in [-0.1, -0.05) is 12.1 Å². The van der Waals surface area contributed by atoms with Crippen molar-refractivity contribution >= 4 is 18.3 Å². The Morgan fingerprint density at radius 2 is 2.14 bits per heavy atom. The van der Waals surface area contributed by atoms with Gasteiger partial charge < -0.3 is 15.4 Å². The summed E-state index contributed by atoms with van der Waals surface area (Å²) in [5.41, 5.74) is 1.27. The molecular formula is C16H25ClN2O2. The number of carbonyl (C=O) groups is 1. The minimum absolute atomic E-state index is 0. The van der Waals surface area contributed by atoms with E-state index in [1.54, 1.807) is 7.11 Å². The molecule has 1 aliphatic rings. The number of amides is 1. The second kappa shape index (κ2) is 8.90. The van der Waals surface area contributed by atoms with Crippen molar-refractivity contribution in [3.8, 4) is 5.75 Å². The van der Waals surface area contributed by atoms with Gasteiger partial charge in [-0.2, -0.15) is 0 Å². The number of benzene rings is 1. The molecule has 2 N–H and O–H groups in total. The predicted molar refractivity (Wildman–Crippen MR) is 87.1 cm³/mol. The summed E-state index contributed by atoms with van der Waals surface area (Å²) in [6.07, 6.45) is 2.88. The van der Waals surface area contributed by atoms with Crippen molar-refractivity contribution in [3.63, 3.8) is 0 Å². The molecule has 1 amide bonds. The number of hydrogen-bond donors (Lipinski definition) is 2. The highest BCUT2D eigenvalue weighted by atomic mass is 35.5. The summed E-state index contributed by atoms with van der Waals surface area (Å²) < 4.78 is 5.14. The lowest BCUT2D eigenvalue weighted by Gasteiger charge is -2.16. The van der Waals surface area contributed by atoms with Gasteiger partial charge in [0.15, 0.2) is 0 Å². The minimum Gasteiger partial charge on any atom is -0.497 e. The summed E-state index contributed by atoms with van der Waals surface area (Å²) >= 11 is 0. The summed E-state index contributed by atoms with van der Waals surface area (Å²) in [6, 6.07) is 8.32.